The Morgan fingerprint density at radius 1 is 1.00 bits per heavy atom. The maximum absolute atomic E-state index is 12.4. The van der Waals surface area contributed by atoms with Crippen molar-refractivity contribution in [3.05, 3.63) is 42.0 Å². The molecule has 0 aliphatic heterocycles. The molecule has 2 aromatic carbocycles. The Morgan fingerprint density at radius 3 is 2.17 bits per heavy atom. The fourth-order valence-corrected chi connectivity index (χ4v) is 2.03. The predicted molar refractivity (Wildman–Crippen MR) is 64.7 cm³/mol. The van der Waals surface area contributed by atoms with Gasteiger partial charge in [-0.15, -0.1) is 13.2 Å². The second-order valence-electron chi connectivity index (χ2n) is 4.40. The zero-order valence-electron chi connectivity index (χ0n) is 10.1. The van der Waals surface area contributed by atoms with Gasteiger partial charge < -0.3 is 4.74 Å². The molecule has 96 valence electrons. The molecule has 0 saturated carbocycles. The van der Waals surface area contributed by atoms with Gasteiger partial charge in [0.05, 0.1) is 0 Å². The van der Waals surface area contributed by atoms with E-state index in [1.54, 1.807) is 18.2 Å². The average Bonchev–Trinajstić information content (AvgIpc) is 2.26. The van der Waals surface area contributed by atoms with Crippen LogP contribution in [-0.4, -0.2) is 6.36 Å². The van der Waals surface area contributed by atoms with Gasteiger partial charge in [0, 0.05) is 5.39 Å². The van der Waals surface area contributed by atoms with Crippen LogP contribution in [0.4, 0.5) is 13.2 Å². The summed E-state index contributed by atoms with van der Waals surface area (Å²) in [4.78, 5) is 0. The van der Waals surface area contributed by atoms with Crippen molar-refractivity contribution in [1.82, 2.24) is 0 Å². The van der Waals surface area contributed by atoms with Gasteiger partial charge in [-0.3, -0.25) is 0 Å². The zero-order valence-corrected chi connectivity index (χ0v) is 10.1. The monoisotopic (exact) mass is 254 g/mol. The van der Waals surface area contributed by atoms with Crippen LogP contribution in [-0.2, 0) is 0 Å². The molecule has 0 aromatic heterocycles. The molecule has 0 atom stereocenters. The number of rotatable bonds is 2. The Labute approximate surface area is 103 Å². The van der Waals surface area contributed by atoms with E-state index >= 15 is 0 Å². The Kier molecular flexibility index (Phi) is 3.20. The molecular formula is C14H13F3O. The number of hydrogen-bond acceptors (Lipinski definition) is 1. The van der Waals surface area contributed by atoms with Crippen molar-refractivity contribution in [2.75, 3.05) is 0 Å². The van der Waals surface area contributed by atoms with Crippen LogP contribution in [0.2, 0.25) is 0 Å². The first-order valence-corrected chi connectivity index (χ1v) is 5.66. The number of hydrogen-bond donors (Lipinski definition) is 0. The molecule has 2 rings (SSSR count). The van der Waals surface area contributed by atoms with E-state index in [9.17, 15) is 13.2 Å². The molecule has 0 heterocycles. The summed E-state index contributed by atoms with van der Waals surface area (Å²) in [5, 5.41) is 1.29. The minimum absolute atomic E-state index is 0.131. The largest absolute Gasteiger partial charge is 0.573 e. The summed E-state index contributed by atoms with van der Waals surface area (Å²) < 4.78 is 41.2. The van der Waals surface area contributed by atoms with Gasteiger partial charge in [0.2, 0.25) is 0 Å². The number of benzene rings is 2. The number of ether oxygens (including phenoxy) is 1. The standard InChI is InChI=1S/C14H13F3O/c1-9(2)11-7-3-5-10-6-4-8-12(13(10)11)18-14(15,16)17/h3-9H,1-2H3. The molecule has 0 fully saturated rings. The number of fused-ring (bicyclic) bond motifs is 1. The summed E-state index contributed by atoms with van der Waals surface area (Å²) >= 11 is 0. The van der Waals surface area contributed by atoms with Gasteiger partial charge >= 0.3 is 6.36 Å². The maximum atomic E-state index is 12.4. The van der Waals surface area contributed by atoms with Gasteiger partial charge in [0.25, 0.3) is 0 Å². The van der Waals surface area contributed by atoms with Crippen molar-refractivity contribution >= 4 is 10.8 Å². The van der Waals surface area contributed by atoms with Crippen LogP contribution in [0.3, 0.4) is 0 Å². The second kappa shape index (κ2) is 4.52. The highest BCUT2D eigenvalue weighted by molar-refractivity contribution is 5.91. The van der Waals surface area contributed by atoms with Crippen molar-refractivity contribution in [3.8, 4) is 5.75 Å². The van der Waals surface area contributed by atoms with Gasteiger partial charge in [0.15, 0.2) is 0 Å². The molecule has 0 radical (unpaired) electrons. The lowest BCUT2D eigenvalue weighted by molar-refractivity contribution is -0.274. The van der Waals surface area contributed by atoms with Gasteiger partial charge in [-0.25, -0.2) is 0 Å². The van der Waals surface area contributed by atoms with Crippen LogP contribution in [0, 0.1) is 0 Å². The molecule has 0 saturated heterocycles. The van der Waals surface area contributed by atoms with Crippen molar-refractivity contribution in [1.29, 1.82) is 0 Å². The van der Waals surface area contributed by atoms with Gasteiger partial charge in [-0.05, 0) is 22.9 Å². The third-order valence-corrected chi connectivity index (χ3v) is 2.75. The van der Waals surface area contributed by atoms with Gasteiger partial charge in [0.1, 0.15) is 5.75 Å². The van der Waals surface area contributed by atoms with Crippen molar-refractivity contribution in [2.45, 2.75) is 26.1 Å². The van der Waals surface area contributed by atoms with Crippen LogP contribution < -0.4 is 4.74 Å². The third-order valence-electron chi connectivity index (χ3n) is 2.75. The second-order valence-corrected chi connectivity index (χ2v) is 4.40. The van der Waals surface area contributed by atoms with E-state index in [1.807, 2.05) is 26.0 Å². The van der Waals surface area contributed by atoms with Crippen LogP contribution in [0.1, 0.15) is 25.3 Å². The van der Waals surface area contributed by atoms with E-state index in [1.165, 1.54) is 6.07 Å². The highest BCUT2D eigenvalue weighted by Gasteiger charge is 2.32. The molecule has 4 heteroatoms. The quantitative estimate of drug-likeness (QED) is 0.743. The smallest absolute Gasteiger partial charge is 0.405 e. The molecule has 0 unspecified atom stereocenters. The average molecular weight is 254 g/mol. The maximum Gasteiger partial charge on any atom is 0.573 e. The summed E-state index contributed by atoms with van der Waals surface area (Å²) in [5.41, 5.74) is 0.854. The van der Waals surface area contributed by atoms with E-state index < -0.39 is 6.36 Å². The third kappa shape index (κ3) is 2.58. The Hall–Kier alpha value is -1.71. The highest BCUT2D eigenvalue weighted by Crippen LogP contribution is 2.35. The predicted octanol–water partition coefficient (Wildman–Crippen LogP) is 4.86. The van der Waals surface area contributed by atoms with E-state index in [-0.39, 0.29) is 11.7 Å². The highest BCUT2D eigenvalue weighted by atomic mass is 19.4. The van der Waals surface area contributed by atoms with Crippen LogP contribution in [0.15, 0.2) is 36.4 Å². The Bertz CT molecular complexity index is 553. The molecule has 0 bridgehead atoms. The normalized spacial score (nSPS) is 12.1. The molecule has 0 N–H and O–H groups in total. The summed E-state index contributed by atoms with van der Waals surface area (Å²) in [6, 6.07) is 10.1. The molecule has 18 heavy (non-hydrogen) atoms. The van der Waals surface area contributed by atoms with Crippen molar-refractivity contribution in [3.63, 3.8) is 0 Å². The molecule has 0 amide bonds. The lowest BCUT2D eigenvalue weighted by Gasteiger charge is -2.15. The first-order chi connectivity index (χ1) is 8.38. The molecule has 0 aliphatic carbocycles. The topological polar surface area (TPSA) is 9.23 Å². The molecule has 0 aliphatic rings. The Balaban J connectivity index is 2.66. The van der Waals surface area contributed by atoms with E-state index in [0.717, 1.165) is 10.9 Å². The van der Waals surface area contributed by atoms with Gasteiger partial charge in [-0.2, -0.15) is 0 Å². The summed E-state index contributed by atoms with van der Waals surface area (Å²) in [6.45, 7) is 3.89. The lowest BCUT2D eigenvalue weighted by Crippen LogP contribution is -2.17. The van der Waals surface area contributed by atoms with Crippen LogP contribution in [0.5, 0.6) is 5.75 Å². The molecular weight excluding hydrogens is 241 g/mol. The summed E-state index contributed by atoms with van der Waals surface area (Å²) in [5.74, 6) is -0.00372. The first-order valence-electron chi connectivity index (χ1n) is 5.66. The minimum atomic E-state index is -4.67. The zero-order chi connectivity index (χ0) is 13.3. The molecule has 0 spiro atoms. The Morgan fingerprint density at radius 2 is 1.61 bits per heavy atom. The fourth-order valence-electron chi connectivity index (χ4n) is 2.03. The van der Waals surface area contributed by atoms with Crippen molar-refractivity contribution in [2.24, 2.45) is 0 Å². The van der Waals surface area contributed by atoms with E-state index in [4.69, 9.17) is 0 Å². The van der Waals surface area contributed by atoms with Crippen LogP contribution >= 0.6 is 0 Å². The summed E-state index contributed by atoms with van der Waals surface area (Å²) in [6.07, 6.45) is -4.67. The molecule has 1 nitrogen and oxygen atoms in total. The van der Waals surface area contributed by atoms with E-state index in [0.29, 0.717) is 5.39 Å². The minimum Gasteiger partial charge on any atom is -0.405 e. The SMILES string of the molecule is CC(C)c1cccc2cccc(OC(F)(F)F)c12. The summed E-state index contributed by atoms with van der Waals surface area (Å²) in [7, 11) is 0. The molecule has 2 aromatic rings. The van der Waals surface area contributed by atoms with E-state index in [2.05, 4.69) is 4.74 Å². The van der Waals surface area contributed by atoms with Gasteiger partial charge in [-0.1, -0.05) is 44.2 Å². The number of alkyl halides is 3. The lowest BCUT2D eigenvalue weighted by atomic mass is 9.95. The fraction of sp³-hybridized carbons (Fsp3) is 0.286. The van der Waals surface area contributed by atoms with Crippen molar-refractivity contribution < 1.29 is 17.9 Å². The van der Waals surface area contributed by atoms with Crippen LogP contribution in [0.25, 0.3) is 10.8 Å². The number of halogens is 3. The first kappa shape index (κ1) is 12.7.